The van der Waals surface area contributed by atoms with Crippen LogP contribution in [-0.2, 0) is 28.4 Å². The largest absolute Gasteiger partial charge is 0.393 e. The van der Waals surface area contributed by atoms with E-state index in [9.17, 15) is 20.4 Å². The molecule has 0 radical (unpaired) electrons. The number of rotatable bonds is 7. The van der Waals surface area contributed by atoms with Gasteiger partial charge in [0.2, 0.25) is 0 Å². The molecule has 0 spiro atoms. The summed E-state index contributed by atoms with van der Waals surface area (Å²) < 4.78 is 36.2. The Kier molecular flexibility index (Phi) is 9.62. The molecule has 4 aliphatic carbocycles. The molecule has 258 valence electrons. The van der Waals surface area contributed by atoms with Crippen molar-refractivity contribution >= 4 is 0 Å². The predicted octanol–water partition coefficient (Wildman–Crippen LogP) is 3.46. The van der Waals surface area contributed by atoms with E-state index < -0.39 is 54.8 Å². The molecule has 2 heterocycles. The van der Waals surface area contributed by atoms with Crippen molar-refractivity contribution in [2.24, 2.45) is 28.6 Å². The van der Waals surface area contributed by atoms with Crippen molar-refractivity contribution < 1.29 is 48.8 Å². The van der Waals surface area contributed by atoms with Crippen molar-refractivity contribution in [3.8, 4) is 0 Å². The third-order valence-corrected chi connectivity index (χ3v) is 13.5. The van der Waals surface area contributed by atoms with Gasteiger partial charge in [0, 0.05) is 26.1 Å². The molecule has 3 saturated carbocycles. The Morgan fingerprint density at radius 3 is 2.33 bits per heavy atom. The van der Waals surface area contributed by atoms with Crippen LogP contribution in [0.1, 0.15) is 92.4 Å². The van der Waals surface area contributed by atoms with Gasteiger partial charge in [-0.2, -0.15) is 0 Å². The zero-order valence-corrected chi connectivity index (χ0v) is 28.3. The molecule has 5 fully saturated rings. The number of aliphatic hydroxyl groups is 4. The zero-order valence-electron chi connectivity index (χ0n) is 28.3. The van der Waals surface area contributed by atoms with Crippen LogP contribution in [0.25, 0.3) is 0 Å². The SMILES string of the molecule is COC1CC(OC2CCC3(C)C(=CCC4C3CCC3(C)C(C(C)O)CCC43O)C2)OC(C)C1OC1OC(C)C(O)C(OC)C1O. The van der Waals surface area contributed by atoms with Crippen molar-refractivity contribution in [2.75, 3.05) is 14.2 Å². The van der Waals surface area contributed by atoms with Crippen LogP contribution in [0.4, 0.5) is 0 Å². The summed E-state index contributed by atoms with van der Waals surface area (Å²) in [7, 11) is 3.09. The second-order valence-electron chi connectivity index (χ2n) is 15.6. The molecule has 2 saturated heterocycles. The van der Waals surface area contributed by atoms with Gasteiger partial charge in [-0.3, -0.25) is 0 Å². The van der Waals surface area contributed by atoms with Crippen LogP contribution in [0.15, 0.2) is 11.6 Å². The highest BCUT2D eigenvalue weighted by atomic mass is 16.7. The first kappa shape index (κ1) is 34.2. The van der Waals surface area contributed by atoms with E-state index in [1.807, 2.05) is 13.8 Å². The average Bonchev–Trinajstić information content (AvgIpc) is 3.28. The minimum Gasteiger partial charge on any atom is -0.393 e. The minimum absolute atomic E-state index is 0.0318. The smallest absolute Gasteiger partial charge is 0.187 e. The van der Waals surface area contributed by atoms with Gasteiger partial charge in [-0.05, 0) is 95.3 Å². The summed E-state index contributed by atoms with van der Waals surface area (Å²) in [5.74, 6) is 0.818. The van der Waals surface area contributed by atoms with Crippen LogP contribution in [0.2, 0.25) is 0 Å². The third-order valence-electron chi connectivity index (χ3n) is 13.5. The van der Waals surface area contributed by atoms with E-state index >= 15 is 0 Å². The first-order chi connectivity index (χ1) is 21.3. The van der Waals surface area contributed by atoms with Crippen molar-refractivity contribution in [3.05, 3.63) is 11.6 Å². The van der Waals surface area contributed by atoms with E-state index in [0.717, 1.165) is 51.4 Å². The monoisotopic (exact) mass is 638 g/mol. The molecule has 0 aromatic heterocycles. The van der Waals surface area contributed by atoms with Gasteiger partial charge < -0.3 is 48.8 Å². The summed E-state index contributed by atoms with van der Waals surface area (Å²) in [4.78, 5) is 0. The lowest BCUT2D eigenvalue weighted by Crippen LogP contribution is -2.61. The van der Waals surface area contributed by atoms with Gasteiger partial charge in [-0.1, -0.05) is 25.5 Å². The van der Waals surface area contributed by atoms with Crippen LogP contribution in [0, 0.1) is 28.6 Å². The van der Waals surface area contributed by atoms with E-state index in [2.05, 4.69) is 19.9 Å². The molecule has 0 bridgehead atoms. The molecule has 10 heteroatoms. The first-order valence-corrected chi connectivity index (χ1v) is 17.4. The highest BCUT2D eigenvalue weighted by Gasteiger charge is 2.66. The second kappa shape index (κ2) is 12.7. The van der Waals surface area contributed by atoms with Crippen molar-refractivity contribution in [1.29, 1.82) is 0 Å². The summed E-state index contributed by atoms with van der Waals surface area (Å²) >= 11 is 0. The lowest BCUT2D eigenvalue weighted by Gasteiger charge is -2.61. The average molecular weight is 639 g/mol. The molecule has 2 aliphatic heterocycles. The minimum atomic E-state index is -1.16. The van der Waals surface area contributed by atoms with Gasteiger partial charge in [0.05, 0.1) is 36.1 Å². The van der Waals surface area contributed by atoms with E-state index in [0.29, 0.717) is 12.3 Å². The van der Waals surface area contributed by atoms with E-state index in [4.69, 9.17) is 28.4 Å². The van der Waals surface area contributed by atoms with Crippen molar-refractivity contribution in [2.45, 2.75) is 166 Å². The number of hydrogen-bond acceptors (Lipinski definition) is 10. The van der Waals surface area contributed by atoms with Crippen LogP contribution < -0.4 is 0 Å². The number of methoxy groups -OCH3 is 2. The lowest BCUT2D eigenvalue weighted by molar-refractivity contribution is -0.342. The number of allylic oxidation sites excluding steroid dienone is 1. The highest BCUT2D eigenvalue weighted by Crippen LogP contribution is 2.68. The fraction of sp³-hybridized carbons (Fsp3) is 0.943. The van der Waals surface area contributed by atoms with Crippen molar-refractivity contribution in [1.82, 2.24) is 0 Å². The topological polar surface area (TPSA) is 136 Å². The van der Waals surface area contributed by atoms with E-state index in [-0.39, 0.29) is 41.0 Å². The van der Waals surface area contributed by atoms with E-state index in [1.54, 1.807) is 14.0 Å². The maximum Gasteiger partial charge on any atom is 0.187 e. The maximum atomic E-state index is 12.3. The van der Waals surface area contributed by atoms with E-state index in [1.165, 1.54) is 12.7 Å². The number of hydrogen-bond donors (Lipinski definition) is 4. The Morgan fingerprint density at radius 2 is 1.64 bits per heavy atom. The molecule has 0 aromatic carbocycles. The summed E-state index contributed by atoms with van der Waals surface area (Å²) in [5.41, 5.74) is 0.545. The molecule has 0 amide bonds. The molecule has 45 heavy (non-hydrogen) atoms. The standard InChI is InChI=1S/C35H58O10/c1-18(36)23-12-15-35(39)25-9-8-21-16-22(10-13-33(21,4)24(25)11-14-34(23,35)5)44-27-17-26(40-6)30(20(3)42-27)45-32-29(38)31(41-7)28(37)19(2)43-32/h8,18-20,22-32,36-39H,9-17H2,1-7H3. The number of ether oxygens (including phenoxy) is 6. The fourth-order valence-electron chi connectivity index (χ4n) is 10.8. The van der Waals surface area contributed by atoms with Crippen LogP contribution in [0.5, 0.6) is 0 Å². The van der Waals surface area contributed by atoms with Crippen molar-refractivity contribution in [3.63, 3.8) is 0 Å². The lowest BCUT2D eigenvalue weighted by atomic mass is 9.45. The normalized spacial score (nSPS) is 54.0. The predicted molar refractivity (Wildman–Crippen MR) is 165 cm³/mol. The summed E-state index contributed by atoms with van der Waals surface area (Å²) in [6, 6.07) is 0. The Balaban J connectivity index is 1.09. The molecule has 17 atom stereocenters. The van der Waals surface area contributed by atoms with Gasteiger partial charge in [0.15, 0.2) is 12.6 Å². The Labute approximate surface area is 268 Å². The third kappa shape index (κ3) is 5.57. The Bertz CT molecular complexity index is 1080. The van der Waals surface area contributed by atoms with Gasteiger partial charge in [-0.15, -0.1) is 0 Å². The zero-order chi connectivity index (χ0) is 32.5. The van der Waals surface area contributed by atoms with Crippen LogP contribution in [0.3, 0.4) is 0 Å². The maximum absolute atomic E-state index is 12.3. The number of fused-ring (bicyclic) bond motifs is 5. The van der Waals surface area contributed by atoms with Gasteiger partial charge in [0.1, 0.15) is 24.4 Å². The molecular weight excluding hydrogens is 580 g/mol. The second-order valence-corrected chi connectivity index (χ2v) is 15.6. The molecule has 17 unspecified atom stereocenters. The van der Waals surface area contributed by atoms with Crippen LogP contribution in [-0.4, -0.2) is 108 Å². The first-order valence-electron chi connectivity index (χ1n) is 17.4. The van der Waals surface area contributed by atoms with Gasteiger partial charge >= 0.3 is 0 Å². The molecule has 6 aliphatic rings. The summed E-state index contributed by atoms with van der Waals surface area (Å²) in [5, 5.41) is 44.0. The Morgan fingerprint density at radius 1 is 0.889 bits per heavy atom. The molecule has 4 N–H and O–H groups in total. The molecule has 10 nitrogen and oxygen atoms in total. The Hall–Kier alpha value is -0.660. The number of aliphatic hydroxyl groups excluding tert-OH is 3. The fourth-order valence-corrected chi connectivity index (χ4v) is 10.8. The molecule has 6 rings (SSSR count). The highest BCUT2D eigenvalue weighted by molar-refractivity contribution is 5.28. The van der Waals surface area contributed by atoms with Gasteiger partial charge in [-0.25, -0.2) is 0 Å². The molecule has 0 aromatic rings. The summed E-state index contributed by atoms with van der Waals surface area (Å²) in [6.45, 7) is 10.2. The molecular formula is C35H58O10. The summed E-state index contributed by atoms with van der Waals surface area (Å²) in [6.07, 6.45) is 3.77. The van der Waals surface area contributed by atoms with Gasteiger partial charge in [0.25, 0.3) is 0 Å². The quantitative estimate of drug-likeness (QED) is 0.307. The van der Waals surface area contributed by atoms with Crippen LogP contribution >= 0.6 is 0 Å².